The molecule has 1 N–H and O–H groups in total. The summed E-state index contributed by atoms with van der Waals surface area (Å²) in [7, 11) is 1.51. The Hall–Kier alpha value is -4.51. The van der Waals surface area contributed by atoms with E-state index in [-0.39, 0.29) is 30.0 Å². The van der Waals surface area contributed by atoms with Crippen molar-refractivity contribution in [3.8, 4) is 11.1 Å². The van der Waals surface area contributed by atoms with E-state index in [0.29, 0.717) is 22.5 Å². The van der Waals surface area contributed by atoms with Gasteiger partial charge >= 0.3 is 5.97 Å². The quantitative estimate of drug-likeness (QED) is 0.382. The second-order valence-electron chi connectivity index (χ2n) is 7.87. The van der Waals surface area contributed by atoms with Crippen LogP contribution < -0.4 is 5.56 Å². The van der Waals surface area contributed by atoms with Crippen molar-refractivity contribution in [1.82, 2.24) is 29.4 Å². The van der Waals surface area contributed by atoms with E-state index in [4.69, 9.17) is 4.74 Å². The van der Waals surface area contributed by atoms with Crippen molar-refractivity contribution in [3.63, 3.8) is 0 Å². The van der Waals surface area contributed by atoms with Crippen LogP contribution in [0.25, 0.3) is 27.9 Å². The van der Waals surface area contributed by atoms with Crippen LogP contribution in [0, 0.1) is 5.82 Å². The van der Waals surface area contributed by atoms with Crippen LogP contribution in [-0.2, 0) is 22.6 Å². The average Bonchev–Trinajstić information content (AvgIpc) is 3.23. The van der Waals surface area contributed by atoms with E-state index < -0.39 is 17.6 Å². The lowest BCUT2D eigenvalue weighted by atomic mass is 10.1. The molecule has 5 rings (SSSR count). The molecule has 0 aliphatic heterocycles. The number of nitrogens with zero attached hydrogens (tertiary/aromatic N) is 6. The van der Waals surface area contributed by atoms with E-state index in [1.54, 1.807) is 36.4 Å². The highest BCUT2D eigenvalue weighted by Crippen LogP contribution is 2.29. The minimum atomic E-state index is -1.18. The predicted molar refractivity (Wildman–Crippen MR) is 123 cm³/mol. The van der Waals surface area contributed by atoms with Gasteiger partial charge in [-0.1, -0.05) is 42.5 Å². The molecule has 0 saturated carbocycles. The SMILES string of the molecule is COCc1nn2c(nnc3c(=O)n(C(Cc4ccccc4)C(=O)O)cnc32)c1-c1ccc(F)cc1. The molecule has 0 aliphatic carbocycles. The van der Waals surface area contributed by atoms with Crippen LogP contribution >= 0.6 is 0 Å². The molecule has 3 aromatic heterocycles. The Labute approximate surface area is 197 Å². The molecule has 0 saturated heterocycles. The summed E-state index contributed by atoms with van der Waals surface area (Å²) in [5.41, 5.74) is 2.11. The molecule has 1 atom stereocenters. The minimum absolute atomic E-state index is 0.0907. The molecule has 0 fully saturated rings. The zero-order valence-electron chi connectivity index (χ0n) is 18.5. The van der Waals surface area contributed by atoms with Crippen molar-refractivity contribution >= 4 is 22.8 Å². The van der Waals surface area contributed by atoms with Crippen LogP contribution in [-0.4, -0.2) is 47.5 Å². The molecule has 0 bridgehead atoms. The van der Waals surface area contributed by atoms with Gasteiger partial charge in [0.2, 0.25) is 0 Å². The molecule has 176 valence electrons. The number of aromatic nitrogens is 6. The van der Waals surface area contributed by atoms with E-state index in [2.05, 4.69) is 20.3 Å². The highest BCUT2D eigenvalue weighted by Gasteiger charge is 2.25. The monoisotopic (exact) mass is 474 g/mol. The smallest absolute Gasteiger partial charge is 0.327 e. The molecule has 1 unspecified atom stereocenters. The van der Waals surface area contributed by atoms with E-state index in [1.165, 1.54) is 30.1 Å². The van der Waals surface area contributed by atoms with Crippen LogP contribution in [0.1, 0.15) is 17.3 Å². The number of benzene rings is 2. The summed E-state index contributed by atoms with van der Waals surface area (Å²) in [6, 6.07) is 13.6. The number of methoxy groups -OCH3 is 1. The third-order valence-corrected chi connectivity index (χ3v) is 5.64. The van der Waals surface area contributed by atoms with Gasteiger partial charge in [-0.2, -0.15) is 9.61 Å². The maximum atomic E-state index is 13.5. The van der Waals surface area contributed by atoms with Crippen molar-refractivity contribution in [2.45, 2.75) is 19.1 Å². The number of ether oxygens (including phenoxy) is 1. The lowest BCUT2D eigenvalue weighted by molar-refractivity contribution is -0.141. The summed E-state index contributed by atoms with van der Waals surface area (Å²) in [6.45, 7) is 0.132. The Kier molecular flexibility index (Phi) is 5.75. The van der Waals surface area contributed by atoms with Crippen molar-refractivity contribution in [2.75, 3.05) is 7.11 Å². The van der Waals surface area contributed by atoms with E-state index in [1.807, 2.05) is 6.07 Å². The second kappa shape index (κ2) is 9.03. The Morgan fingerprint density at radius 2 is 1.83 bits per heavy atom. The van der Waals surface area contributed by atoms with Gasteiger partial charge in [0, 0.05) is 13.5 Å². The first-order chi connectivity index (χ1) is 17.0. The minimum Gasteiger partial charge on any atom is -0.480 e. The topological polar surface area (TPSA) is 124 Å². The van der Waals surface area contributed by atoms with Crippen LogP contribution in [0.2, 0.25) is 0 Å². The van der Waals surface area contributed by atoms with Gasteiger partial charge in [-0.15, -0.1) is 10.2 Å². The first-order valence-electron chi connectivity index (χ1n) is 10.6. The Morgan fingerprint density at radius 3 is 2.51 bits per heavy atom. The van der Waals surface area contributed by atoms with Gasteiger partial charge in [0.1, 0.15) is 18.2 Å². The molecule has 0 aliphatic rings. The fourth-order valence-electron chi connectivity index (χ4n) is 4.00. The molecule has 3 heterocycles. The average molecular weight is 474 g/mol. The number of rotatable bonds is 7. The van der Waals surface area contributed by atoms with E-state index >= 15 is 0 Å². The Balaban J connectivity index is 1.67. The molecular formula is C24H19FN6O4. The number of carboxylic acids is 1. The fourth-order valence-corrected chi connectivity index (χ4v) is 4.00. The van der Waals surface area contributed by atoms with Crippen molar-refractivity contribution in [1.29, 1.82) is 0 Å². The Morgan fingerprint density at radius 1 is 1.09 bits per heavy atom. The lowest BCUT2D eigenvalue weighted by Gasteiger charge is -2.15. The molecule has 35 heavy (non-hydrogen) atoms. The molecule has 11 heteroatoms. The van der Waals surface area contributed by atoms with Crippen LogP contribution in [0.5, 0.6) is 0 Å². The van der Waals surface area contributed by atoms with Gasteiger partial charge in [-0.25, -0.2) is 14.2 Å². The van der Waals surface area contributed by atoms with Crippen molar-refractivity contribution < 1.29 is 19.0 Å². The van der Waals surface area contributed by atoms with E-state index in [9.17, 15) is 19.1 Å². The molecule has 0 amide bonds. The van der Waals surface area contributed by atoms with Crippen LogP contribution in [0.4, 0.5) is 4.39 Å². The number of aliphatic carboxylic acids is 1. The first kappa shape index (κ1) is 22.3. The molecule has 2 aromatic carbocycles. The summed E-state index contributed by atoms with van der Waals surface area (Å²) >= 11 is 0. The normalized spacial score (nSPS) is 12.3. The van der Waals surface area contributed by atoms with E-state index in [0.717, 1.165) is 10.1 Å². The van der Waals surface area contributed by atoms with Gasteiger partial charge in [0.15, 0.2) is 16.8 Å². The maximum absolute atomic E-state index is 13.5. The van der Waals surface area contributed by atoms with Gasteiger partial charge in [0.05, 0.1) is 17.9 Å². The number of hydrogen-bond donors (Lipinski definition) is 1. The third-order valence-electron chi connectivity index (χ3n) is 5.64. The standard InChI is InChI=1S/C24H19FN6O4/c1-35-12-17-19(15-7-9-16(25)10-8-15)21-28-27-20-22(31(21)29-17)26-13-30(23(20)32)18(24(33)34)11-14-5-3-2-4-6-14/h2-10,13,18H,11-12H2,1H3,(H,33,34). The second-order valence-corrected chi connectivity index (χ2v) is 7.87. The number of carbonyl (C=O) groups is 1. The molecule has 10 nitrogen and oxygen atoms in total. The number of carboxylic acid groups (broad SMARTS) is 1. The zero-order chi connectivity index (χ0) is 24.5. The Bertz CT molecular complexity index is 1600. The van der Waals surface area contributed by atoms with Gasteiger partial charge in [-0.05, 0) is 23.3 Å². The highest BCUT2D eigenvalue weighted by molar-refractivity contribution is 5.83. The lowest BCUT2D eigenvalue weighted by Crippen LogP contribution is -2.32. The third kappa shape index (κ3) is 4.02. The van der Waals surface area contributed by atoms with Crippen LogP contribution in [0.15, 0.2) is 65.7 Å². The maximum Gasteiger partial charge on any atom is 0.327 e. The van der Waals surface area contributed by atoms with Gasteiger partial charge in [-0.3, -0.25) is 9.36 Å². The summed E-state index contributed by atoms with van der Waals surface area (Å²) in [5.74, 6) is -1.56. The molecule has 0 radical (unpaired) electrons. The summed E-state index contributed by atoms with van der Waals surface area (Å²) < 4.78 is 21.2. The van der Waals surface area contributed by atoms with Gasteiger partial charge in [0.25, 0.3) is 5.56 Å². The zero-order valence-corrected chi connectivity index (χ0v) is 18.5. The summed E-state index contributed by atoms with van der Waals surface area (Å²) in [5, 5.41) is 22.6. The summed E-state index contributed by atoms with van der Waals surface area (Å²) in [6.07, 6.45) is 1.27. The van der Waals surface area contributed by atoms with Crippen molar-refractivity contribution in [3.05, 3.63) is 88.4 Å². The first-order valence-corrected chi connectivity index (χ1v) is 10.6. The largest absolute Gasteiger partial charge is 0.480 e. The number of hydrogen-bond acceptors (Lipinski definition) is 7. The van der Waals surface area contributed by atoms with Crippen LogP contribution in [0.3, 0.4) is 0 Å². The van der Waals surface area contributed by atoms with Crippen molar-refractivity contribution in [2.24, 2.45) is 0 Å². The van der Waals surface area contributed by atoms with Gasteiger partial charge < -0.3 is 9.84 Å². The summed E-state index contributed by atoms with van der Waals surface area (Å²) in [4.78, 5) is 29.6. The number of fused-ring (bicyclic) bond motifs is 3. The molecule has 5 aromatic rings. The number of halogens is 1. The predicted octanol–water partition coefficient (Wildman–Crippen LogP) is 2.66. The molecular weight excluding hydrogens is 455 g/mol. The molecule has 0 spiro atoms. The fraction of sp³-hybridized carbons (Fsp3) is 0.167. The highest BCUT2D eigenvalue weighted by atomic mass is 19.1.